The van der Waals surface area contributed by atoms with Crippen molar-refractivity contribution in [2.75, 3.05) is 10.1 Å². The number of anilines is 1. The molecule has 0 aromatic heterocycles. The lowest BCUT2D eigenvalue weighted by Gasteiger charge is -2.17. The molecule has 0 saturated carbocycles. The minimum atomic E-state index is -3.78. The monoisotopic (exact) mass is 408 g/mol. The SMILES string of the molecule is Cc1ccc(CNS(=O)(=O)c2ccc(N3C(=O)CCS3(=O)=O)cc2C)cc1. The van der Waals surface area contributed by atoms with Crippen LogP contribution in [0.4, 0.5) is 5.69 Å². The van der Waals surface area contributed by atoms with Crippen LogP contribution < -0.4 is 9.03 Å². The zero-order valence-electron chi connectivity index (χ0n) is 15.0. The highest BCUT2D eigenvalue weighted by atomic mass is 32.2. The number of rotatable bonds is 5. The molecule has 9 heteroatoms. The topological polar surface area (TPSA) is 101 Å². The molecule has 7 nitrogen and oxygen atoms in total. The molecule has 1 amide bonds. The maximum absolute atomic E-state index is 12.6. The van der Waals surface area contributed by atoms with E-state index in [-0.39, 0.29) is 29.3 Å². The number of hydrogen-bond acceptors (Lipinski definition) is 5. The molecule has 2 aromatic carbocycles. The molecule has 1 saturated heterocycles. The van der Waals surface area contributed by atoms with Gasteiger partial charge in [0.1, 0.15) is 0 Å². The van der Waals surface area contributed by atoms with Gasteiger partial charge in [-0.15, -0.1) is 0 Å². The summed E-state index contributed by atoms with van der Waals surface area (Å²) in [5.41, 5.74) is 2.43. The summed E-state index contributed by atoms with van der Waals surface area (Å²) in [7, 11) is -7.47. The Balaban J connectivity index is 1.84. The van der Waals surface area contributed by atoms with Gasteiger partial charge in [0.25, 0.3) is 0 Å². The fraction of sp³-hybridized carbons (Fsp3) is 0.278. The summed E-state index contributed by atoms with van der Waals surface area (Å²) in [5, 5.41) is 0. The van der Waals surface area contributed by atoms with Crippen LogP contribution >= 0.6 is 0 Å². The second-order valence-electron chi connectivity index (χ2n) is 6.48. The first-order chi connectivity index (χ1) is 12.6. The highest BCUT2D eigenvalue weighted by Crippen LogP contribution is 2.28. The Morgan fingerprint density at radius 3 is 2.30 bits per heavy atom. The number of carbonyl (C=O) groups excluding carboxylic acids is 1. The first kappa shape index (κ1) is 19.5. The second-order valence-corrected chi connectivity index (χ2v) is 10.2. The third-order valence-electron chi connectivity index (χ3n) is 4.35. The van der Waals surface area contributed by atoms with Crippen molar-refractivity contribution in [2.45, 2.75) is 31.7 Å². The molecular formula is C18H20N2O5S2. The molecule has 2 aromatic rings. The smallest absolute Gasteiger partial charge is 0.242 e. The molecule has 1 fully saturated rings. The Kier molecular flexibility index (Phi) is 5.11. The lowest BCUT2D eigenvalue weighted by atomic mass is 10.2. The number of amides is 1. The standard InChI is InChI=1S/C18H20N2O5S2/c1-13-3-5-15(6-4-13)12-19-27(24,25)17-8-7-16(11-14(17)2)20-18(21)9-10-26(20,22)23/h3-8,11,19H,9-10,12H2,1-2H3. The van der Waals surface area contributed by atoms with E-state index >= 15 is 0 Å². The molecule has 144 valence electrons. The molecule has 0 atom stereocenters. The van der Waals surface area contributed by atoms with Gasteiger partial charge < -0.3 is 0 Å². The number of benzene rings is 2. The molecule has 0 radical (unpaired) electrons. The highest BCUT2D eigenvalue weighted by Gasteiger charge is 2.36. The average molecular weight is 409 g/mol. The van der Waals surface area contributed by atoms with E-state index in [0.717, 1.165) is 15.4 Å². The van der Waals surface area contributed by atoms with Gasteiger partial charge in [-0.05, 0) is 43.2 Å². The summed E-state index contributed by atoms with van der Waals surface area (Å²) in [6.45, 7) is 3.66. The molecule has 1 aliphatic rings. The molecule has 0 aliphatic carbocycles. The summed E-state index contributed by atoms with van der Waals surface area (Å²) in [6, 6.07) is 11.6. The summed E-state index contributed by atoms with van der Waals surface area (Å²) >= 11 is 0. The minimum Gasteiger partial charge on any atom is -0.273 e. The van der Waals surface area contributed by atoms with Crippen LogP contribution in [0.5, 0.6) is 0 Å². The lowest BCUT2D eigenvalue weighted by Crippen LogP contribution is -2.29. The van der Waals surface area contributed by atoms with Crippen LogP contribution in [0.3, 0.4) is 0 Å². The largest absolute Gasteiger partial charge is 0.273 e. The van der Waals surface area contributed by atoms with E-state index in [9.17, 15) is 21.6 Å². The number of nitrogens with one attached hydrogen (secondary N) is 1. The van der Waals surface area contributed by atoms with Crippen LogP contribution in [0.1, 0.15) is 23.1 Å². The van der Waals surface area contributed by atoms with E-state index in [4.69, 9.17) is 0 Å². The van der Waals surface area contributed by atoms with Crippen molar-refractivity contribution < 1.29 is 21.6 Å². The predicted molar refractivity (Wildman–Crippen MR) is 102 cm³/mol. The Morgan fingerprint density at radius 2 is 1.74 bits per heavy atom. The quantitative estimate of drug-likeness (QED) is 0.814. The molecule has 0 spiro atoms. The molecule has 1 N–H and O–H groups in total. The maximum Gasteiger partial charge on any atom is 0.242 e. The van der Waals surface area contributed by atoms with Gasteiger partial charge in [0.15, 0.2) is 0 Å². The minimum absolute atomic E-state index is 0.0439. The van der Waals surface area contributed by atoms with E-state index < -0.39 is 26.0 Å². The second kappa shape index (κ2) is 7.06. The van der Waals surface area contributed by atoms with Crippen molar-refractivity contribution in [1.82, 2.24) is 4.72 Å². The van der Waals surface area contributed by atoms with Crippen LogP contribution in [-0.2, 0) is 31.4 Å². The summed E-state index contributed by atoms with van der Waals surface area (Å²) in [6.07, 6.45) is -0.0699. The van der Waals surface area contributed by atoms with Crippen LogP contribution in [0.15, 0.2) is 47.4 Å². The summed E-state index contributed by atoms with van der Waals surface area (Å²) in [5.74, 6) is -0.745. The molecule has 1 aliphatic heterocycles. The van der Waals surface area contributed by atoms with Crippen molar-refractivity contribution in [3.63, 3.8) is 0 Å². The van der Waals surface area contributed by atoms with Crippen LogP contribution in [0.25, 0.3) is 0 Å². The average Bonchev–Trinajstić information content (AvgIpc) is 2.87. The van der Waals surface area contributed by atoms with Gasteiger partial charge in [0.05, 0.1) is 16.3 Å². The van der Waals surface area contributed by atoms with Crippen molar-refractivity contribution >= 4 is 31.6 Å². The fourth-order valence-corrected chi connectivity index (χ4v) is 5.59. The van der Waals surface area contributed by atoms with E-state index in [1.54, 1.807) is 6.92 Å². The Bertz CT molecular complexity index is 1090. The van der Waals surface area contributed by atoms with Crippen LogP contribution in [0, 0.1) is 13.8 Å². The van der Waals surface area contributed by atoms with Gasteiger partial charge in [-0.3, -0.25) is 4.79 Å². The number of carbonyl (C=O) groups is 1. The van der Waals surface area contributed by atoms with Crippen molar-refractivity contribution in [1.29, 1.82) is 0 Å². The predicted octanol–water partition coefficient (Wildman–Crippen LogP) is 1.85. The van der Waals surface area contributed by atoms with Crippen LogP contribution in [0.2, 0.25) is 0 Å². The number of hydrogen-bond donors (Lipinski definition) is 1. The van der Waals surface area contributed by atoms with Crippen molar-refractivity contribution in [3.8, 4) is 0 Å². The molecule has 0 bridgehead atoms. The Hall–Kier alpha value is -2.23. The van der Waals surface area contributed by atoms with E-state index in [0.29, 0.717) is 5.56 Å². The third kappa shape index (κ3) is 4.05. The zero-order chi connectivity index (χ0) is 19.8. The molecule has 27 heavy (non-hydrogen) atoms. The van der Waals surface area contributed by atoms with Gasteiger partial charge in [-0.2, -0.15) is 0 Å². The third-order valence-corrected chi connectivity index (χ3v) is 7.60. The maximum atomic E-state index is 12.6. The van der Waals surface area contributed by atoms with Gasteiger partial charge in [0.2, 0.25) is 26.0 Å². The van der Waals surface area contributed by atoms with Gasteiger partial charge in [-0.25, -0.2) is 25.9 Å². The number of nitrogens with zero attached hydrogens (tertiary/aromatic N) is 1. The zero-order valence-corrected chi connectivity index (χ0v) is 16.6. The van der Waals surface area contributed by atoms with E-state index in [1.165, 1.54) is 18.2 Å². The van der Waals surface area contributed by atoms with E-state index in [2.05, 4.69) is 4.72 Å². The first-order valence-electron chi connectivity index (χ1n) is 8.32. The van der Waals surface area contributed by atoms with Gasteiger partial charge >= 0.3 is 0 Å². The summed E-state index contributed by atoms with van der Waals surface area (Å²) < 4.78 is 52.5. The van der Waals surface area contributed by atoms with Crippen LogP contribution in [-0.4, -0.2) is 28.5 Å². The lowest BCUT2D eigenvalue weighted by molar-refractivity contribution is -0.116. The molecule has 1 heterocycles. The van der Waals surface area contributed by atoms with Crippen molar-refractivity contribution in [2.24, 2.45) is 0 Å². The normalized spacial score (nSPS) is 16.7. The Labute approximate surface area is 159 Å². The fourth-order valence-electron chi connectivity index (χ4n) is 2.89. The van der Waals surface area contributed by atoms with E-state index in [1.807, 2.05) is 31.2 Å². The van der Waals surface area contributed by atoms with Crippen molar-refractivity contribution in [3.05, 3.63) is 59.2 Å². The summed E-state index contributed by atoms with van der Waals surface area (Å²) in [4.78, 5) is 11.9. The highest BCUT2D eigenvalue weighted by molar-refractivity contribution is 7.94. The van der Waals surface area contributed by atoms with Gasteiger partial charge in [0, 0.05) is 13.0 Å². The first-order valence-corrected chi connectivity index (χ1v) is 11.4. The Morgan fingerprint density at radius 1 is 1.07 bits per heavy atom. The molecule has 3 rings (SSSR count). The number of sulfonamides is 2. The number of aryl methyl sites for hydroxylation is 2. The molecule has 0 unspecified atom stereocenters. The molecular weight excluding hydrogens is 388 g/mol. The van der Waals surface area contributed by atoms with Gasteiger partial charge in [-0.1, -0.05) is 29.8 Å².